The predicted molar refractivity (Wildman–Crippen MR) is 71.7 cm³/mol. The average molecular weight is 231 g/mol. The molecular formula is C15H21NO. The van der Waals surface area contributed by atoms with E-state index in [4.69, 9.17) is 4.42 Å². The normalized spacial score (nSPS) is 15.9. The van der Waals surface area contributed by atoms with Crippen LogP contribution in [0.15, 0.2) is 29.4 Å². The van der Waals surface area contributed by atoms with Crippen molar-refractivity contribution in [2.45, 2.75) is 26.3 Å². The lowest BCUT2D eigenvalue weighted by Crippen LogP contribution is -2.20. The molecule has 0 spiro atoms. The summed E-state index contributed by atoms with van der Waals surface area (Å²) >= 11 is 0. The van der Waals surface area contributed by atoms with E-state index >= 15 is 0 Å². The average Bonchev–Trinajstić information content (AvgIpc) is 3.03. The summed E-state index contributed by atoms with van der Waals surface area (Å²) in [5.41, 5.74) is 2.47. The zero-order valence-electron chi connectivity index (χ0n) is 10.8. The number of allylic oxidation sites excluding steroid dienone is 2. The van der Waals surface area contributed by atoms with Crippen LogP contribution in [0.2, 0.25) is 0 Å². The third-order valence-electron chi connectivity index (χ3n) is 3.21. The number of hydrogen-bond acceptors (Lipinski definition) is 2. The van der Waals surface area contributed by atoms with E-state index in [1.807, 2.05) is 19.3 Å². The highest BCUT2D eigenvalue weighted by Gasteiger charge is 2.23. The van der Waals surface area contributed by atoms with Gasteiger partial charge >= 0.3 is 0 Å². The van der Waals surface area contributed by atoms with Crippen LogP contribution in [-0.2, 0) is 6.54 Å². The lowest BCUT2D eigenvalue weighted by molar-refractivity contribution is 0.312. The topological polar surface area (TPSA) is 16.4 Å². The second-order valence-corrected chi connectivity index (χ2v) is 4.97. The van der Waals surface area contributed by atoms with E-state index in [0.29, 0.717) is 0 Å². The van der Waals surface area contributed by atoms with Crippen LogP contribution in [0.4, 0.5) is 0 Å². The molecule has 2 rings (SSSR count). The molecule has 0 unspecified atom stereocenters. The largest absolute Gasteiger partial charge is 0.469 e. The van der Waals surface area contributed by atoms with Crippen LogP contribution in [0, 0.1) is 12.8 Å². The molecule has 1 heterocycles. The number of aryl methyl sites for hydroxylation is 1. The van der Waals surface area contributed by atoms with Gasteiger partial charge in [-0.15, -0.1) is 0 Å². The summed E-state index contributed by atoms with van der Waals surface area (Å²) in [6.07, 6.45) is 10.5. The minimum Gasteiger partial charge on any atom is -0.469 e. The molecule has 1 aliphatic carbocycles. The third-order valence-corrected chi connectivity index (χ3v) is 3.21. The van der Waals surface area contributed by atoms with E-state index in [-0.39, 0.29) is 0 Å². The highest BCUT2D eigenvalue weighted by molar-refractivity contribution is 5.56. The monoisotopic (exact) mass is 231 g/mol. The molecule has 0 radical (unpaired) electrons. The smallest absolute Gasteiger partial charge is 0.108 e. The third kappa shape index (κ3) is 3.34. The Hall–Kier alpha value is -1.28. The van der Waals surface area contributed by atoms with Crippen molar-refractivity contribution in [2.75, 3.05) is 13.6 Å². The van der Waals surface area contributed by atoms with Crippen LogP contribution in [-0.4, -0.2) is 18.5 Å². The first kappa shape index (κ1) is 12.2. The minimum atomic E-state index is 0.931. The Morgan fingerprint density at radius 2 is 2.29 bits per heavy atom. The second-order valence-electron chi connectivity index (χ2n) is 4.97. The zero-order valence-corrected chi connectivity index (χ0v) is 10.8. The van der Waals surface area contributed by atoms with Crippen LogP contribution in [0.3, 0.4) is 0 Å². The van der Waals surface area contributed by atoms with E-state index in [0.717, 1.165) is 18.2 Å². The molecule has 0 aliphatic heterocycles. The number of furan rings is 1. The van der Waals surface area contributed by atoms with Gasteiger partial charge in [0.25, 0.3) is 0 Å². The highest BCUT2D eigenvalue weighted by atomic mass is 16.3. The van der Waals surface area contributed by atoms with Crippen molar-refractivity contribution in [1.29, 1.82) is 0 Å². The lowest BCUT2D eigenvalue weighted by Gasteiger charge is -2.15. The van der Waals surface area contributed by atoms with Crippen molar-refractivity contribution >= 4 is 6.08 Å². The Labute approximate surface area is 104 Å². The number of nitrogens with zero attached hydrogens (tertiary/aromatic N) is 1. The van der Waals surface area contributed by atoms with Gasteiger partial charge in [-0.3, -0.25) is 0 Å². The fraction of sp³-hybridized carbons (Fsp3) is 0.467. The summed E-state index contributed by atoms with van der Waals surface area (Å²) in [7, 11) is 2.18. The Balaban J connectivity index is 2.03. The summed E-state index contributed by atoms with van der Waals surface area (Å²) in [6, 6.07) is 0. The van der Waals surface area contributed by atoms with Gasteiger partial charge in [-0.2, -0.15) is 0 Å². The molecule has 1 aliphatic rings. The van der Waals surface area contributed by atoms with Gasteiger partial charge in [0.2, 0.25) is 0 Å². The van der Waals surface area contributed by atoms with Gasteiger partial charge in [0.05, 0.1) is 6.26 Å². The minimum absolute atomic E-state index is 0.931. The molecule has 92 valence electrons. The van der Waals surface area contributed by atoms with Crippen molar-refractivity contribution in [3.05, 3.63) is 41.9 Å². The molecule has 0 saturated heterocycles. The summed E-state index contributed by atoms with van der Waals surface area (Å²) in [5.74, 6) is 1.91. The standard InChI is InChI=1S/C15H21NO/c1-4-5-6-15-12(2)17-11-14(15)10-16(3)9-13-7-8-13/h4-6,11,13H,1,7-10H2,2-3H3/b6-5-. The fourth-order valence-corrected chi connectivity index (χ4v) is 2.12. The quantitative estimate of drug-likeness (QED) is 0.695. The first-order valence-corrected chi connectivity index (χ1v) is 6.25. The second kappa shape index (κ2) is 5.37. The molecule has 0 atom stereocenters. The maximum absolute atomic E-state index is 5.50. The molecule has 1 aromatic heterocycles. The highest BCUT2D eigenvalue weighted by Crippen LogP contribution is 2.30. The van der Waals surface area contributed by atoms with Gasteiger partial charge in [-0.25, -0.2) is 0 Å². The SMILES string of the molecule is C=C/C=C\c1c(CN(C)CC2CC2)coc1C. The van der Waals surface area contributed by atoms with Gasteiger partial charge in [-0.1, -0.05) is 24.8 Å². The summed E-state index contributed by atoms with van der Waals surface area (Å²) in [6.45, 7) is 7.87. The van der Waals surface area contributed by atoms with Crippen LogP contribution < -0.4 is 0 Å². The number of hydrogen-bond donors (Lipinski definition) is 0. The Morgan fingerprint density at radius 1 is 1.53 bits per heavy atom. The van der Waals surface area contributed by atoms with Crippen molar-refractivity contribution in [3.8, 4) is 0 Å². The van der Waals surface area contributed by atoms with E-state index in [2.05, 4.69) is 24.6 Å². The molecule has 1 saturated carbocycles. The zero-order chi connectivity index (χ0) is 12.3. The molecule has 17 heavy (non-hydrogen) atoms. The van der Waals surface area contributed by atoms with E-state index < -0.39 is 0 Å². The molecule has 0 N–H and O–H groups in total. The van der Waals surface area contributed by atoms with Crippen LogP contribution in [0.5, 0.6) is 0 Å². The first-order valence-electron chi connectivity index (χ1n) is 6.25. The Morgan fingerprint density at radius 3 is 2.94 bits per heavy atom. The molecule has 0 bridgehead atoms. The van der Waals surface area contributed by atoms with E-state index in [9.17, 15) is 0 Å². The summed E-state index contributed by atoms with van der Waals surface area (Å²) in [5, 5.41) is 0. The molecule has 1 fully saturated rings. The first-order chi connectivity index (χ1) is 8.20. The van der Waals surface area contributed by atoms with Crippen LogP contribution in [0.25, 0.3) is 6.08 Å². The molecule has 2 heteroatoms. The maximum Gasteiger partial charge on any atom is 0.108 e. The van der Waals surface area contributed by atoms with Gasteiger partial charge < -0.3 is 9.32 Å². The van der Waals surface area contributed by atoms with Gasteiger partial charge in [-0.05, 0) is 32.7 Å². The summed E-state index contributed by atoms with van der Waals surface area (Å²) < 4.78 is 5.50. The number of rotatable bonds is 6. The van der Waals surface area contributed by atoms with Crippen molar-refractivity contribution in [2.24, 2.45) is 5.92 Å². The van der Waals surface area contributed by atoms with E-state index in [1.54, 1.807) is 6.08 Å². The van der Waals surface area contributed by atoms with Crippen LogP contribution >= 0.6 is 0 Å². The molecule has 0 amide bonds. The fourth-order valence-electron chi connectivity index (χ4n) is 2.12. The molecule has 1 aromatic rings. The van der Waals surface area contributed by atoms with Crippen molar-refractivity contribution < 1.29 is 4.42 Å². The molecule has 0 aromatic carbocycles. The Kier molecular flexibility index (Phi) is 3.85. The van der Waals surface area contributed by atoms with Gasteiger partial charge in [0, 0.05) is 24.2 Å². The molecular weight excluding hydrogens is 210 g/mol. The van der Waals surface area contributed by atoms with Crippen molar-refractivity contribution in [1.82, 2.24) is 4.90 Å². The predicted octanol–water partition coefficient (Wildman–Crippen LogP) is 3.63. The van der Waals surface area contributed by atoms with Crippen LogP contribution in [0.1, 0.15) is 29.7 Å². The summed E-state index contributed by atoms with van der Waals surface area (Å²) in [4.78, 5) is 2.38. The van der Waals surface area contributed by atoms with Crippen molar-refractivity contribution in [3.63, 3.8) is 0 Å². The van der Waals surface area contributed by atoms with Gasteiger partial charge in [0.1, 0.15) is 5.76 Å². The van der Waals surface area contributed by atoms with E-state index in [1.165, 1.54) is 30.5 Å². The molecule has 2 nitrogen and oxygen atoms in total. The maximum atomic E-state index is 5.50. The lowest BCUT2D eigenvalue weighted by atomic mass is 10.1. The van der Waals surface area contributed by atoms with Gasteiger partial charge in [0.15, 0.2) is 0 Å². The Bertz CT molecular complexity index is 413.